The summed E-state index contributed by atoms with van der Waals surface area (Å²) >= 11 is 0. The number of Topliss-reactive ketones (excluding diaryl/α,β-unsaturated/α-hetero) is 1. The van der Waals surface area contributed by atoms with E-state index < -0.39 is 18.2 Å². The maximum Gasteiger partial charge on any atom is 0.331 e. The molecule has 0 unspecified atom stereocenters. The Balaban J connectivity index is 2.35. The van der Waals surface area contributed by atoms with Crippen molar-refractivity contribution in [2.24, 2.45) is 5.92 Å². The molecule has 1 N–H and O–H groups in total. The Morgan fingerprint density at radius 2 is 2.33 bits per heavy atom. The Labute approximate surface area is 88.9 Å². The first-order chi connectivity index (χ1) is 6.99. The van der Waals surface area contributed by atoms with Crippen LogP contribution in [0, 0.1) is 5.92 Å². The van der Waals surface area contributed by atoms with E-state index in [2.05, 4.69) is 0 Å². The summed E-state index contributed by atoms with van der Waals surface area (Å²) in [7, 11) is 0. The number of cyclic esters (lactones) is 1. The van der Waals surface area contributed by atoms with Crippen LogP contribution in [0.1, 0.15) is 26.7 Å². The van der Waals surface area contributed by atoms with Crippen LogP contribution in [-0.2, 0) is 14.3 Å². The number of aliphatic hydroxyl groups excluding tert-OH is 1. The van der Waals surface area contributed by atoms with Gasteiger partial charge >= 0.3 is 5.97 Å². The Morgan fingerprint density at radius 3 is 2.80 bits per heavy atom. The monoisotopic (exact) mass is 212 g/mol. The van der Waals surface area contributed by atoms with Gasteiger partial charge in [0.15, 0.2) is 0 Å². The number of carbonyl (C=O) groups excluding carboxylic acids is 2. The molecule has 1 aliphatic heterocycles. The molecule has 15 heavy (non-hydrogen) atoms. The van der Waals surface area contributed by atoms with Crippen LogP contribution in [0.5, 0.6) is 0 Å². The van der Waals surface area contributed by atoms with Gasteiger partial charge in [0.1, 0.15) is 11.9 Å². The van der Waals surface area contributed by atoms with Crippen molar-refractivity contribution in [1.82, 2.24) is 0 Å². The smallest absolute Gasteiger partial charge is 0.331 e. The molecule has 4 nitrogen and oxygen atoms in total. The van der Waals surface area contributed by atoms with Gasteiger partial charge in [-0.05, 0) is 25.3 Å². The molecule has 0 bridgehead atoms. The zero-order chi connectivity index (χ0) is 11.4. The van der Waals surface area contributed by atoms with Gasteiger partial charge in [-0.25, -0.2) is 4.79 Å². The van der Waals surface area contributed by atoms with Crippen LogP contribution in [0.4, 0.5) is 0 Å². The molecule has 0 radical (unpaired) electrons. The van der Waals surface area contributed by atoms with Gasteiger partial charge in [-0.2, -0.15) is 0 Å². The van der Waals surface area contributed by atoms with Crippen molar-refractivity contribution in [2.45, 2.75) is 38.9 Å². The van der Waals surface area contributed by atoms with E-state index in [0.717, 1.165) is 0 Å². The first-order valence-electron chi connectivity index (χ1n) is 5.05. The van der Waals surface area contributed by atoms with Gasteiger partial charge in [-0.3, -0.25) is 0 Å². The van der Waals surface area contributed by atoms with Crippen LogP contribution in [0.15, 0.2) is 12.2 Å². The van der Waals surface area contributed by atoms with Crippen molar-refractivity contribution in [3.8, 4) is 0 Å². The summed E-state index contributed by atoms with van der Waals surface area (Å²) in [6, 6.07) is 0. The molecular weight excluding hydrogens is 196 g/mol. The van der Waals surface area contributed by atoms with Crippen LogP contribution >= 0.6 is 0 Å². The van der Waals surface area contributed by atoms with Crippen LogP contribution in [0.2, 0.25) is 0 Å². The zero-order valence-electron chi connectivity index (χ0n) is 8.97. The number of hydrogen-bond donors (Lipinski definition) is 1. The summed E-state index contributed by atoms with van der Waals surface area (Å²) in [5.41, 5.74) is 0. The molecule has 84 valence electrons. The fourth-order valence-electron chi connectivity index (χ4n) is 1.71. The highest BCUT2D eigenvalue weighted by atomic mass is 16.6. The second kappa shape index (κ2) is 5.07. The minimum atomic E-state index is -0.720. The summed E-state index contributed by atoms with van der Waals surface area (Å²) in [5.74, 6) is -0.211. The zero-order valence-corrected chi connectivity index (χ0v) is 8.97. The molecule has 0 aromatic carbocycles. The molecule has 1 heterocycles. The lowest BCUT2D eigenvalue weighted by Crippen LogP contribution is -2.27. The van der Waals surface area contributed by atoms with E-state index in [1.165, 1.54) is 13.0 Å². The fourth-order valence-corrected chi connectivity index (χ4v) is 1.71. The number of ketones is 1. The van der Waals surface area contributed by atoms with Crippen molar-refractivity contribution in [1.29, 1.82) is 0 Å². The van der Waals surface area contributed by atoms with E-state index in [-0.39, 0.29) is 11.7 Å². The predicted molar refractivity (Wildman–Crippen MR) is 54.1 cm³/mol. The third-order valence-electron chi connectivity index (χ3n) is 2.33. The summed E-state index contributed by atoms with van der Waals surface area (Å²) < 4.78 is 4.84. The second-order valence-corrected chi connectivity index (χ2v) is 4.07. The van der Waals surface area contributed by atoms with E-state index in [1.54, 1.807) is 6.08 Å². The van der Waals surface area contributed by atoms with Crippen molar-refractivity contribution < 1.29 is 19.4 Å². The molecule has 4 heteroatoms. The van der Waals surface area contributed by atoms with Crippen molar-refractivity contribution >= 4 is 11.8 Å². The minimum Gasteiger partial charge on any atom is -0.452 e. The first kappa shape index (κ1) is 11.9. The third-order valence-corrected chi connectivity index (χ3v) is 2.33. The molecule has 0 saturated carbocycles. The van der Waals surface area contributed by atoms with Gasteiger partial charge in [-0.1, -0.05) is 6.92 Å². The lowest BCUT2D eigenvalue weighted by atomic mass is 9.96. The normalized spacial score (nSPS) is 23.7. The van der Waals surface area contributed by atoms with Crippen LogP contribution in [0.3, 0.4) is 0 Å². The SMILES string of the molecule is CC(=O)C[C@H](C)C[C@H](O)[C@@H]1C=CC(=O)O1. The number of rotatable bonds is 5. The summed E-state index contributed by atoms with van der Waals surface area (Å²) in [6.45, 7) is 3.42. The molecule has 1 rings (SSSR count). The minimum absolute atomic E-state index is 0.102. The van der Waals surface area contributed by atoms with Gasteiger partial charge in [0.25, 0.3) is 0 Å². The number of esters is 1. The summed E-state index contributed by atoms with van der Waals surface area (Å²) in [4.78, 5) is 21.6. The molecular formula is C11H16O4. The van der Waals surface area contributed by atoms with Gasteiger partial charge in [0.05, 0.1) is 6.10 Å². The standard InChI is InChI=1S/C11H16O4/c1-7(5-8(2)12)6-9(13)10-3-4-11(14)15-10/h3-4,7,9-10,13H,5-6H2,1-2H3/t7-,9-,10-/m0/s1. The molecule has 3 atom stereocenters. The molecule has 0 fully saturated rings. The predicted octanol–water partition coefficient (Wildman–Crippen LogP) is 0.834. The fraction of sp³-hybridized carbons (Fsp3) is 0.636. The Hall–Kier alpha value is -1.16. The molecule has 0 aromatic heterocycles. The highest BCUT2D eigenvalue weighted by Gasteiger charge is 2.26. The molecule has 0 saturated heterocycles. The van der Waals surface area contributed by atoms with Crippen molar-refractivity contribution in [3.05, 3.63) is 12.2 Å². The van der Waals surface area contributed by atoms with Crippen molar-refractivity contribution in [3.63, 3.8) is 0 Å². The summed E-state index contributed by atoms with van der Waals surface area (Å²) in [6.07, 6.45) is 2.49. The van der Waals surface area contributed by atoms with E-state index in [4.69, 9.17) is 4.74 Å². The Morgan fingerprint density at radius 1 is 1.67 bits per heavy atom. The quantitative estimate of drug-likeness (QED) is 0.686. The first-order valence-corrected chi connectivity index (χ1v) is 5.05. The van der Waals surface area contributed by atoms with Gasteiger partial charge in [-0.15, -0.1) is 0 Å². The molecule has 1 aliphatic rings. The average molecular weight is 212 g/mol. The van der Waals surface area contributed by atoms with Crippen LogP contribution in [-0.4, -0.2) is 29.1 Å². The summed E-state index contributed by atoms with van der Waals surface area (Å²) in [5, 5.41) is 9.71. The van der Waals surface area contributed by atoms with E-state index >= 15 is 0 Å². The van der Waals surface area contributed by atoms with E-state index in [9.17, 15) is 14.7 Å². The molecule has 0 aromatic rings. The maximum absolute atomic E-state index is 10.8. The maximum atomic E-state index is 10.8. The average Bonchev–Trinajstić information content (AvgIpc) is 2.49. The lowest BCUT2D eigenvalue weighted by molar-refractivity contribution is -0.143. The van der Waals surface area contributed by atoms with E-state index in [1.807, 2.05) is 6.92 Å². The van der Waals surface area contributed by atoms with Crippen LogP contribution < -0.4 is 0 Å². The van der Waals surface area contributed by atoms with Crippen LogP contribution in [0.25, 0.3) is 0 Å². The second-order valence-electron chi connectivity index (χ2n) is 4.07. The topological polar surface area (TPSA) is 63.6 Å². The third kappa shape index (κ3) is 3.83. The van der Waals surface area contributed by atoms with Gasteiger partial charge in [0, 0.05) is 12.5 Å². The van der Waals surface area contributed by atoms with Crippen molar-refractivity contribution in [2.75, 3.05) is 0 Å². The number of aliphatic hydroxyl groups is 1. The van der Waals surface area contributed by atoms with E-state index in [0.29, 0.717) is 12.8 Å². The molecule has 0 spiro atoms. The molecule has 0 aliphatic carbocycles. The highest BCUT2D eigenvalue weighted by molar-refractivity contribution is 5.84. The number of carbonyl (C=O) groups is 2. The Kier molecular flexibility index (Phi) is 4.03. The molecule has 0 amide bonds. The largest absolute Gasteiger partial charge is 0.452 e. The number of hydrogen-bond acceptors (Lipinski definition) is 4. The highest BCUT2D eigenvalue weighted by Crippen LogP contribution is 2.18. The lowest BCUT2D eigenvalue weighted by Gasteiger charge is -2.19. The van der Waals surface area contributed by atoms with Gasteiger partial charge in [0.2, 0.25) is 0 Å². The number of ether oxygens (including phenoxy) is 1. The van der Waals surface area contributed by atoms with Gasteiger partial charge < -0.3 is 14.6 Å². The Bertz CT molecular complexity index is 282.